The van der Waals surface area contributed by atoms with Crippen LogP contribution in [-0.2, 0) is 0 Å². The lowest BCUT2D eigenvalue weighted by atomic mass is 9.96. The number of halogens is 4. The number of allylic oxidation sites excluding steroid dienone is 2. The lowest BCUT2D eigenvalue weighted by Gasteiger charge is -2.17. The van der Waals surface area contributed by atoms with E-state index in [4.69, 9.17) is 0 Å². The van der Waals surface area contributed by atoms with Crippen LogP contribution in [0.15, 0.2) is 72.5 Å². The first-order valence-corrected chi connectivity index (χ1v) is 13.1. The fourth-order valence-electron chi connectivity index (χ4n) is 3.92. The van der Waals surface area contributed by atoms with E-state index in [0.717, 1.165) is 62.7 Å². The lowest BCUT2D eigenvalue weighted by Crippen LogP contribution is -2.02. The van der Waals surface area contributed by atoms with Crippen LogP contribution in [0.3, 0.4) is 0 Å². The predicted octanol–water partition coefficient (Wildman–Crippen LogP) is 8.49. The van der Waals surface area contributed by atoms with Gasteiger partial charge >= 0.3 is 0 Å². The third-order valence-corrected chi connectivity index (χ3v) is 7.92. The molecule has 4 rings (SSSR count). The van der Waals surface area contributed by atoms with E-state index in [-0.39, 0.29) is 0 Å². The molecule has 0 amide bonds. The molecule has 3 aromatic rings. The number of hydrogen-bond acceptors (Lipinski definition) is 3. The summed E-state index contributed by atoms with van der Waals surface area (Å²) in [5, 5.41) is 17.7. The first kappa shape index (κ1) is 23.8. The average molecular weight is 684 g/mol. The summed E-state index contributed by atoms with van der Waals surface area (Å²) in [6.45, 7) is 0. The van der Waals surface area contributed by atoms with Gasteiger partial charge in [0.2, 0.25) is 0 Å². The van der Waals surface area contributed by atoms with Gasteiger partial charge in [-0.25, -0.2) is 0 Å². The summed E-state index contributed by atoms with van der Waals surface area (Å²) in [6.07, 6.45) is 3.46. The second-order valence-corrected chi connectivity index (χ2v) is 10.8. The second kappa shape index (κ2) is 9.85. The van der Waals surface area contributed by atoms with Crippen molar-refractivity contribution in [2.45, 2.75) is 6.10 Å². The smallest absolute Gasteiger partial charge is 0.105 e. The van der Waals surface area contributed by atoms with E-state index >= 15 is 0 Å². The molecule has 0 aromatic heterocycles. The van der Waals surface area contributed by atoms with Gasteiger partial charge in [-0.2, -0.15) is 0 Å². The number of aliphatic hydroxyl groups is 1. The summed E-state index contributed by atoms with van der Waals surface area (Å²) in [5.41, 5.74) is 7.92. The van der Waals surface area contributed by atoms with Gasteiger partial charge in [-0.05, 0) is 134 Å². The Hall–Kier alpha value is -1.38. The van der Waals surface area contributed by atoms with Gasteiger partial charge in [0.05, 0.1) is 11.4 Å². The zero-order valence-corrected chi connectivity index (χ0v) is 23.7. The van der Waals surface area contributed by atoms with E-state index in [1.807, 2.05) is 38.4 Å². The van der Waals surface area contributed by atoms with Crippen LogP contribution in [0, 0.1) is 0 Å². The molecule has 0 spiro atoms. The number of benzene rings is 3. The Morgan fingerprint density at radius 3 is 1.81 bits per heavy atom. The van der Waals surface area contributed by atoms with E-state index in [1.165, 1.54) is 0 Å². The largest absolute Gasteiger partial charge is 0.386 e. The monoisotopic (exact) mass is 680 g/mol. The lowest BCUT2D eigenvalue weighted by molar-refractivity contribution is 0.238. The standard InChI is InChI=1S/C25H20Br4N2O/c1-30-23-19(26)8-13(9-20(23)27)7-14-10-18(17-6-4-3-5-16(14)17)25(32)15-11-21(28)24(31-2)22(29)12-15/h3-12,25,30-32H,1-2H3/b14-7+/t25-/m0/s1. The number of aliphatic hydroxyl groups excluding tert-OH is 1. The molecule has 0 saturated carbocycles. The molecule has 0 unspecified atom stereocenters. The third kappa shape index (κ3) is 4.50. The maximum atomic E-state index is 11.3. The van der Waals surface area contributed by atoms with Crippen molar-refractivity contribution in [1.29, 1.82) is 0 Å². The molecular weight excluding hydrogens is 664 g/mol. The minimum absolute atomic E-state index is 0.759. The molecule has 0 saturated heterocycles. The highest BCUT2D eigenvalue weighted by Gasteiger charge is 2.25. The SMILES string of the molecule is CNc1c(Br)cc(/C=C2\C=C([C@@H](O)c3cc(Br)c(NC)c(Br)c3)c3ccccc32)cc1Br. The zero-order chi connectivity index (χ0) is 23.0. The van der Waals surface area contributed by atoms with Crippen LogP contribution in [-0.4, -0.2) is 19.2 Å². The van der Waals surface area contributed by atoms with Crippen LogP contribution in [0.2, 0.25) is 0 Å². The maximum Gasteiger partial charge on any atom is 0.105 e. The number of hydrogen-bond donors (Lipinski definition) is 3. The highest BCUT2D eigenvalue weighted by molar-refractivity contribution is 9.11. The average Bonchev–Trinajstić information content (AvgIpc) is 3.11. The van der Waals surface area contributed by atoms with Crippen LogP contribution < -0.4 is 10.6 Å². The predicted molar refractivity (Wildman–Crippen MR) is 150 cm³/mol. The summed E-state index contributed by atoms with van der Waals surface area (Å²) < 4.78 is 3.75. The van der Waals surface area contributed by atoms with Gasteiger partial charge in [0.25, 0.3) is 0 Å². The Morgan fingerprint density at radius 1 is 0.781 bits per heavy atom. The Labute approximate surface area is 221 Å². The van der Waals surface area contributed by atoms with E-state index in [2.05, 4.69) is 111 Å². The van der Waals surface area contributed by atoms with Gasteiger partial charge in [0.1, 0.15) is 6.10 Å². The molecule has 3 N–H and O–H groups in total. The molecule has 1 aliphatic rings. The van der Waals surface area contributed by atoms with E-state index < -0.39 is 6.10 Å². The molecule has 164 valence electrons. The van der Waals surface area contributed by atoms with Gasteiger partial charge in [0.15, 0.2) is 0 Å². The van der Waals surface area contributed by atoms with Crippen LogP contribution >= 0.6 is 63.7 Å². The fraction of sp³-hybridized carbons (Fsp3) is 0.120. The summed E-state index contributed by atoms with van der Waals surface area (Å²) in [4.78, 5) is 0. The highest BCUT2D eigenvalue weighted by Crippen LogP contribution is 2.45. The quantitative estimate of drug-likeness (QED) is 0.253. The van der Waals surface area contributed by atoms with Gasteiger partial charge < -0.3 is 15.7 Å². The molecule has 0 heterocycles. The van der Waals surface area contributed by atoms with Crippen molar-refractivity contribution in [3.05, 3.63) is 94.8 Å². The molecule has 7 heteroatoms. The van der Waals surface area contributed by atoms with Crippen LogP contribution in [0.5, 0.6) is 0 Å². The van der Waals surface area contributed by atoms with Gasteiger partial charge in [-0.3, -0.25) is 0 Å². The third-order valence-electron chi connectivity index (χ3n) is 5.42. The minimum atomic E-state index is -0.759. The molecule has 0 fully saturated rings. The van der Waals surface area contributed by atoms with E-state index in [0.29, 0.717) is 0 Å². The Morgan fingerprint density at radius 2 is 1.28 bits per heavy atom. The van der Waals surface area contributed by atoms with Crippen molar-refractivity contribution in [1.82, 2.24) is 0 Å². The van der Waals surface area contributed by atoms with Crippen molar-refractivity contribution in [3.8, 4) is 0 Å². The van der Waals surface area contributed by atoms with Crippen molar-refractivity contribution in [2.24, 2.45) is 0 Å². The fourth-order valence-corrected chi connectivity index (χ4v) is 7.16. The molecule has 0 radical (unpaired) electrons. The number of rotatable bonds is 5. The molecule has 1 aliphatic carbocycles. The summed E-state index contributed by atoms with van der Waals surface area (Å²) in [5.74, 6) is 0. The minimum Gasteiger partial charge on any atom is -0.386 e. The topological polar surface area (TPSA) is 44.3 Å². The number of fused-ring (bicyclic) bond motifs is 1. The Kier molecular flexibility index (Phi) is 7.32. The van der Waals surface area contributed by atoms with Crippen LogP contribution in [0.1, 0.15) is 28.4 Å². The molecule has 3 nitrogen and oxygen atoms in total. The first-order chi connectivity index (χ1) is 15.3. The van der Waals surface area contributed by atoms with Crippen LogP contribution in [0.4, 0.5) is 11.4 Å². The van der Waals surface area contributed by atoms with Gasteiger partial charge in [-0.15, -0.1) is 0 Å². The van der Waals surface area contributed by atoms with Gasteiger partial charge in [0, 0.05) is 32.0 Å². The summed E-state index contributed by atoms with van der Waals surface area (Å²) in [7, 11) is 3.76. The second-order valence-electron chi connectivity index (χ2n) is 7.37. The van der Waals surface area contributed by atoms with Crippen molar-refractivity contribution in [3.63, 3.8) is 0 Å². The first-order valence-electron chi connectivity index (χ1n) is 9.88. The Bertz CT molecular complexity index is 1220. The number of nitrogens with one attached hydrogen (secondary N) is 2. The van der Waals surface area contributed by atoms with Gasteiger partial charge in [-0.1, -0.05) is 24.3 Å². The highest BCUT2D eigenvalue weighted by atomic mass is 79.9. The van der Waals surface area contributed by atoms with Crippen LogP contribution in [0.25, 0.3) is 17.2 Å². The molecular formula is C25H20Br4N2O. The normalized spacial score (nSPS) is 14.8. The molecule has 3 aromatic carbocycles. The zero-order valence-electron chi connectivity index (χ0n) is 17.3. The van der Waals surface area contributed by atoms with E-state index in [9.17, 15) is 5.11 Å². The van der Waals surface area contributed by atoms with Crippen molar-refractivity contribution < 1.29 is 5.11 Å². The van der Waals surface area contributed by atoms with Crippen molar-refractivity contribution >= 4 is 92.3 Å². The maximum absolute atomic E-state index is 11.3. The summed E-state index contributed by atoms with van der Waals surface area (Å²) >= 11 is 14.5. The van der Waals surface area contributed by atoms with E-state index in [1.54, 1.807) is 0 Å². The van der Waals surface area contributed by atoms with Crippen molar-refractivity contribution in [2.75, 3.05) is 24.7 Å². The number of anilines is 2. The summed E-state index contributed by atoms with van der Waals surface area (Å²) in [6, 6.07) is 16.3. The Balaban J connectivity index is 1.79. The molecule has 1 atom stereocenters. The molecule has 32 heavy (non-hydrogen) atoms. The molecule has 0 bridgehead atoms. The molecule has 0 aliphatic heterocycles.